The van der Waals surface area contributed by atoms with Gasteiger partial charge in [0.1, 0.15) is 6.61 Å². The molecular weight excluding hydrogens is 640 g/mol. The third kappa shape index (κ3) is 6.47. The molecule has 5 aliphatic rings. The first kappa shape index (κ1) is 38.9. The van der Waals surface area contributed by atoms with E-state index in [2.05, 4.69) is 27.0 Å². The average Bonchev–Trinajstić information content (AvgIpc) is 3.42. The van der Waals surface area contributed by atoms with Crippen LogP contribution in [0.4, 0.5) is 0 Å². The summed E-state index contributed by atoms with van der Waals surface area (Å²) in [7, 11) is 0. The molecule has 280 valence electrons. The Kier molecular flexibility index (Phi) is 11.3. The highest BCUT2D eigenvalue weighted by Gasteiger charge is 2.59. The van der Waals surface area contributed by atoms with Crippen molar-refractivity contribution in [1.82, 2.24) is 0 Å². The highest BCUT2D eigenvalue weighted by Crippen LogP contribution is 2.63. The van der Waals surface area contributed by atoms with Crippen molar-refractivity contribution >= 4 is 11.9 Å². The fraction of sp³-hybridized carbons (Fsp3) is 0.750. The molecule has 6 N–H and O–H groups in total. The van der Waals surface area contributed by atoms with E-state index >= 15 is 0 Å². The molecule has 10 nitrogen and oxygen atoms in total. The average molecular weight is 701 g/mol. The molecule has 0 amide bonds. The molecule has 0 unspecified atom stereocenters. The molecule has 4 aliphatic carbocycles. The van der Waals surface area contributed by atoms with E-state index in [1.807, 2.05) is 13.8 Å². The molecule has 0 aromatic rings. The molecule has 0 aromatic carbocycles. The minimum absolute atomic E-state index is 0.0214. The van der Waals surface area contributed by atoms with Crippen LogP contribution in [0.1, 0.15) is 91.9 Å². The van der Waals surface area contributed by atoms with Crippen LogP contribution >= 0.6 is 0 Å². The Bertz CT molecular complexity index is 1400. The van der Waals surface area contributed by atoms with E-state index in [4.69, 9.17) is 9.47 Å². The number of carbonyl (C=O) groups is 2. The number of hydrogen-bond acceptors (Lipinski definition) is 10. The first-order chi connectivity index (χ1) is 23.5. The molecule has 0 aromatic heterocycles. The number of ether oxygens (including phenoxy) is 2. The molecule has 4 saturated carbocycles. The van der Waals surface area contributed by atoms with Crippen molar-refractivity contribution in [3.05, 3.63) is 47.6 Å². The summed E-state index contributed by atoms with van der Waals surface area (Å²) in [6, 6.07) is 0. The molecule has 12 atom stereocenters. The summed E-state index contributed by atoms with van der Waals surface area (Å²) in [5.74, 6) is -1.63. The van der Waals surface area contributed by atoms with Gasteiger partial charge in [-0.2, -0.15) is 0 Å². The van der Waals surface area contributed by atoms with Gasteiger partial charge in [-0.15, -0.1) is 0 Å². The number of fused-ring (bicyclic) bond motifs is 2. The van der Waals surface area contributed by atoms with Gasteiger partial charge in [0.25, 0.3) is 0 Å². The van der Waals surface area contributed by atoms with Crippen molar-refractivity contribution in [3.63, 3.8) is 0 Å². The maximum atomic E-state index is 13.7. The number of aliphatic hydroxyl groups excluding tert-OH is 6. The number of aliphatic hydroxyl groups is 6. The van der Waals surface area contributed by atoms with Crippen molar-refractivity contribution in [1.29, 1.82) is 0 Å². The Hall–Kier alpha value is -2.34. The lowest BCUT2D eigenvalue weighted by atomic mass is 9.46. The van der Waals surface area contributed by atoms with E-state index < -0.39 is 53.8 Å². The molecular formula is C40H60O10. The third-order valence-electron chi connectivity index (χ3n) is 14.5. The molecule has 5 rings (SSSR count). The highest BCUT2D eigenvalue weighted by atomic mass is 16.6. The second-order valence-electron chi connectivity index (χ2n) is 17.0. The minimum atomic E-state index is -1.30. The standard InChI is InChI=1S/C40H60O10/c1-23-7-11-31-37(3,16-13-33(45)39(31,5)21-42)27(23)10-9-26-30(20-49-35(26)47)50-36(48)25(15-18-41)29(44)19-28-24(2)8-12-32-38(28,4)17-14-34(46)40(32,6)22-43/h9,15,27-34,41-46H,1-2,7-8,10-14,16-22H2,3-6H3/b25-15+,26-9+/t27-,28-,29-,30+,31+,32+,33-,34-,37+,38+,39+,40+/m1/s1. The normalized spacial score (nSPS) is 43.6. The van der Waals surface area contributed by atoms with Crippen LogP contribution in [0.25, 0.3) is 0 Å². The maximum absolute atomic E-state index is 13.7. The molecule has 10 heteroatoms. The van der Waals surface area contributed by atoms with Crippen LogP contribution in [-0.2, 0) is 19.1 Å². The molecule has 50 heavy (non-hydrogen) atoms. The first-order valence-electron chi connectivity index (χ1n) is 18.5. The smallest absolute Gasteiger partial charge is 0.337 e. The zero-order chi connectivity index (χ0) is 36.8. The number of esters is 2. The molecule has 5 fully saturated rings. The van der Waals surface area contributed by atoms with E-state index in [-0.39, 0.29) is 71.9 Å². The molecule has 1 heterocycles. The van der Waals surface area contributed by atoms with Gasteiger partial charge < -0.3 is 40.1 Å². The van der Waals surface area contributed by atoms with Gasteiger partial charge in [-0.3, -0.25) is 0 Å². The first-order valence-corrected chi connectivity index (χ1v) is 18.5. The van der Waals surface area contributed by atoms with Crippen LogP contribution in [0.15, 0.2) is 47.6 Å². The number of allylic oxidation sites excluding steroid dienone is 3. The summed E-state index contributed by atoms with van der Waals surface area (Å²) in [4.78, 5) is 26.6. The number of rotatable bonds is 10. The van der Waals surface area contributed by atoms with Crippen LogP contribution in [-0.4, -0.2) is 93.4 Å². The van der Waals surface area contributed by atoms with Gasteiger partial charge in [0.2, 0.25) is 0 Å². The zero-order valence-electron chi connectivity index (χ0n) is 30.4. The van der Waals surface area contributed by atoms with E-state index in [0.29, 0.717) is 32.1 Å². The lowest BCUT2D eigenvalue weighted by molar-refractivity contribution is -0.155. The van der Waals surface area contributed by atoms with Crippen molar-refractivity contribution in [2.24, 2.45) is 45.3 Å². The monoisotopic (exact) mass is 700 g/mol. The molecule has 0 spiro atoms. The Morgan fingerprint density at radius 3 is 1.94 bits per heavy atom. The Balaban J connectivity index is 1.32. The lowest BCUT2D eigenvalue weighted by Gasteiger charge is -2.60. The van der Waals surface area contributed by atoms with E-state index in [1.165, 1.54) is 6.08 Å². The van der Waals surface area contributed by atoms with Crippen molar-refractivity contribution < 1.29 is 49.7 Å². The summed E-state index contributed by atoms with van der Waals surface area (Å²) in [6.07, 6.45) is 5.58. The third-order valence-corrected chi connectivity index (χ3v) is 14.5. The Morgan fingerprint density at radius 2 is 1.42 bits per heavy atom. The quantitative estimate of drug-likeness (QED) is 0.111. The van der Waals surface area contributed by atoms with Crippen LogP contribution < -0.4 is 0 Å². The topological polar surface area (TPSA) is 174 Å². The Morgan fingerprint density at radius 1 is 0.900 bits per heavy atom. The lowest BCUT2D eigenvalue weighted by Crippen LogP contribution is -2.57. The molecule has 0 bridgehead atoms. The van der Waals surface area contributed by atoms with Crippen LogP contribution in [0.2, 0.25) is 0 Å². The highest BCUT2D eigenvalue weighted by molar-refractivity contribution is 5.94. The molecule has 0 radical (unpaired) electrons. The Labute approximate surface area is 296 Å². The van der Waals surface area contributed by atoms with Crippen LogP contribution in [0, 0.1) is 45.3 Å². The zero-order valence-corrected chi connectivity index (χ0v) is 30.4. The summed E-state index contributed by atoms with van der Waals surface area (Å²) in [6.45, 7) is 15.9. The van der Waals surface area contributed by atoms with Crippen LogP contribution in [0.3, 0.4) is 0 Å². The van der Waals surface area contributed by atoms with Crippen molar-refractivity contribution in [2.45, 2.75) is 116 Å². The fourth-order valence-electron chi connectivity index (χ4n) is 11.3. The summed E-state index contributed by atoms with van der Waals surface area (Å²) < 4.78 is 11.2. The summed E-state index contributed by atoms with van der Waals surface area (Å²) >= 11 is 0. The van der Waals surface area contributed by atoms with Crippen molar-refractivity contribution in [3.8, 4) is 0 Å². The molecule has 1 saturated heterocycles. The number of carbonyl (C=O) groups excluding carboxylic acids is 2. The van der Waals surface area contributed by atoms with Gasteiger partial charge >= 0.3 is 11.9 Å². The summed E-state index contributed by atoms with van der Waals surface area (Å²) in [5, 5.41) is 63.8. The fourth-order valence-corrected chi connectivity index (χ4v) is 11.3. The maximum Gasteiger partial charge on any atom is 0.337 e. The van der Waals surface area contributed by atoms with Gasteiger partial charge in [-0.25, -0.2) is 9.59 Å². The SMILES string of the molecule is C=C1CC[C@@H]2[C@](C)(CO)[C@H](O)CC[C@@]2(C)[C@@H]1C/C=C1/C(=O)OC[C@@H]1OC(=O)/C(=C/CO)[C@H](O)C[C@@H]1C(=C)CC[C@@H]2[C@](C)(CO)[C@H](O)CC[C@]21C. The van der Waals surface area contributed by atoms with E-state index in [9.17, 15) is 40.2 Å². The van der Waals surface area contributed by atoms with E-state index in [1.54, 1.807) is 6.08 Å². The number of hydrogen-bond donors (Lipinski definition) is 6. The van der Waals surface area contributed by atoms with Gasteiger partial charge in [-0.1, -0.05) is 58.1 Å². The predicted octanol–water partition coefficient (Wildman–Crippen LogP) is 3.93. The largest absolute Gasteiger partial charge is 0.458 e. The van der Waals surface area contributed by atoms with Gasteiger partial charge in [0.15, 0.2) is 6.10 Å². The second-order valence-corrected chi connectivity index (χ2v) is 17.0. The molecule has 1 aliphatic heterocycles. The summed E-state index contributed by atoms with van der Waals surface area (Å²) in [5.41, 5.74) is 0.134. The predicted molar refractivity (Wildman–Crippen MR) is 187 cm³/mol. The van der Waals surface area contributed by atoms with Crippen molar-refractivity contribution in [2.75, 3.05) is 26.4 Å². The van der Waals surface area contributed by atoms with E-state index in [0.717, 1.165) is 36.8 Å². The second kappa shape index (κ2) is 14.6. The number of cyclic esters (lactones) is 1. The van der Waals surface area contributed by atoms with Gasteiger partial charge in [0, 0.05) is 10.8 Å². The van der Waals surface area contributed by atoms with Crippen LogP contribution in [0.5, 0.6) is 0 Å². The van der Waals surface area contributed by atoms with Gasteiger partial charge in [0.05, 0.1) is 49.3 Å². The van der Waals surface area contributed by atoms with Gasteiger partial charge in [-0.05, 0) is 105 Å². The minimum Gasteiger partial charge on any atom is -0.458 e.